The zero-order valence-electron chi connectivity index (χ0n) is 20.9. The van der Waals surface area contributed by atoms with Crippen LogP contribution in [0.15, 0.2) is 40.8 Å². The molecule has 9 nitrogen and oxygen atoms in total. The number of nitro benzene ring substituents is 1. The molecule has 2 fully saturated rings. The van der Waals surface area contributed by atoms with E-state index in [1.807, 2.05) is 11.8 Å². The molecule has 1 amide bonds. The molecule has 1 aromatic carbocycles. The summed E-state index contributed by atoms with van der Waals surface area (Å²) in [4.78, 5) is 27.2. The van der Waals surface area contributed by atoms with E-state index in [0.717, 1.165) is 12.3 Å². The molecule has 1 aliphatic heterocycles. The maximum absolute atomic E-state index is 13.0. The molecule has 1 heterocycles. The van der Waals surface area contributed by atoms with E-state index in [2.05, 4.69) is 24.8 Å². The number of rotatable bonds is 9. The second-order valence-corrected chi connectivity index (χ2v) is 12.4. The third-order valence-electron chi connectivity index (χ3n) is 8.31. The molecular formula is C25H36N4O5S. The summed E-state index contributed by atoms with van der Waals surface area (Å²) < 4.78 is 27.3. The van der Waals surface area contributed by atoms with Gasteiger partial charge in [-0.1, -0.05) is 32.4 Å². The maximum Gasteiger partial charge on any atom is 0.269 e. The molecule has 0 aromatic heterocycles. The molecule has 1 saturated heterocycles. The van der Waals surface area contributed by atoms with Crippen LogP contribution in [0.25, 0.3) is 0 Å². The summed E-state index contributed by atoms with van der Waals surface area (Å²) in [5.74, 6) is 1.50. The highest BCUT2D eigenvalue weighted by Crippen LogP contribution is 2.59. The second-order valence-electron chi connectivity index (χ2n) is 10.5. The number of hydrogen-bond donors (Lipinski definition) is 0. The predicted molar refractivity (Wildman–Crippen MR) is 133 cm³/mol. The zero-order chi connectivity index (χ0) is 25.4. The van der Waals surface area contributed by atoms with Gasteiger partial charge in [-0.15, -0.1) is 0 Å². The Morgan fingerprint density at radius 1 is 1.17 bits per heavy atom. The van der Waals surface area contributed by atoms with Crippen LogP contribution in [0.4, 0.5) is 5.69 Å². The van der Waals surface area contributed by atoms with E-state index < -0.39 is 14.9 Å². The van der Waals surface area contributed by atoms with Gasteiger partial charge in [-0.3, -0.25) is 19.8 Å². The van der Waals surface area contributed by atoms with E-state index >= 15 is 0 Å². The highest BCUT2D eigenvalue weighted by molar-refractivity contribution is 7.89. The molecule has 5 rings (SSSR count). The van der Waals surface area contributed by atoms with Crippen LogP contribution in [-0.4, -0.2) is 79.2 Å². The van der Waals surface area contributed by atoms with Crippen LogP contribution >= 0.6 is 0 Å². The molecule has 3 aliphatic carbocycles. The van der Waals surface area contributed by atoms with E-state index in [1.54, 1.807) is 0 Å². The SMILES string of the molecule is CCC(=O)N(CCN1CCN(S(=O)(=O)c2ccc([N+](=O)[O-])cc2)CC1)CC1=CCC2CC1C2(C)C. The van der Waals surface area contributed by atoms with E-state index in [0.29, 0.717) is 63.6 Å². The first-order valence-corrected chi connectivity index (χ1v) is 13.9. The van der Waals surface area contributed by atoms with Crippen LogP contribution in [0.5, 0.6) is 0 Å². The van der Waals surface area contributed by atoms with Crippen LogP contribution in [0.1, 0.15) is 40.0 Å². The number of benzene rings is 1. The van der Waals surface area contributed by atoms with E-state index in [4.69, 9.17) is 0 Å². The van der Waals surface area contributed by atoms with E-state index in [-0.39, 0.29) is 16.5 Å². The van der Waals surface area contributed by atoms with Crippen molar-refractivity contribution in [2.45, 2.75) is 44.9 Å². The van der Waals surface area contributed by atoms with Crippen LogP contribution in [0, 0.1) is 27.4 Å². The molecule has 4 aliphatic rings. The van der Waals surface area contributed by atoms with Crippen molar-refractivity contribution in [2.75, 3.05) is 45.8 Å². The van der Waals surface area contributed by atoms with Gasteiger partial charge in [0.1, 0.15) is 0 Å². The van der Waals surface area contributed by atoms with Gasteiger partial charge < -0.3 is 4.90 Å². The summed E-state index contributed by atoms with van der Waals surface area (Å²) in [7, 11) is -3.70. The number of non-ortho nitro benzene ring substituents is 1. The van der Waals surface area contributed by atoms with Crippen molar-refractivity contribution < 1.29 is 18.1 Å². The average molecular weight is 505 g/mol. The molecule has 0 radical (unpaired) electrons. The number of carbonyl (C=O) groups excluding carboxylic acids is 1. The number of allylic oxidation sites excluding steroid dienone is 1. The number of nitrogens with zero attached hydrogens (tertiary/aromatic N) is 4. The Morgan fingerprint density at radius 2 is 1.83 bits per heavy atom. The Hall–Kier alpha value is -2.30. The number of nitro groups is 1. The predicted octanol–water partition coefficient (Wildman–Crippen LogP) is 3.13. The van der Waals surface area contributed by atoms with Crippen LogP contribution < -0.4 is 0 Å². The lowest BCUT2D eigenvalue weighted by atomic mass is 9.49. The van der Waals surface area contributed by atoms with Gasteiger partial charge in [0.25, 0.3) is 5.69 Å². The quantitative estimate of drug-likeness (QED) is 0.291. The summed E-state index contributed by atoms with van der Waals surface area (Å²) in [6.45, 7) is 10.5. The fourth-order valence-electron chi connectivity index (χ4n) is 5.74. The Bertz CT molecular complexity index is 1090. The molecule has 35 heavy (non-hydrogen) atoms. The van der Waals surface area contributed by atoms with Crippen molar-refractivity contribution in [3.8, 4) is 0 Å². The molecule has 2 unspecified atom stereocenters. The minimum absolute atomic E-state index is 0.0678. The van der Waals surface area contributed by atoms with Crippen LogP contribution in [-0.2, 0) is 14.8 Å². The third kappa shape index (κ3) is 5.15. The van der Waals surface area contributed by atoms with Crippen molar-refractivity contribution in [3.63, 3.8) is 0 Å². The monoisotopic (exact) mass is 504 g/mol. The first-order valence-electron chi connectivity index (χ1n) is 12.5. The Balaban J connectivity index is 1.31. The molecule has 10 heteroatoms. The Morgan fingerprint density at radius 3 is 2.37 bits per heavy atom. The van der Waals surface area contributed by atoms with Crippen LogP contribution in [0.2, 0.25) is 0 Å². The number of carbonyl (C=O) groups is 1. The Kier molecular flexibility index (Phi) is 7.36. The maximum atomic E-state index is 13.0. The largest absolute Gasteiger partial charge is 0.337 e. The molecule has 2 bridgehead atoms. The van der Waals surface area contributed by atoms with E-state index in [1.165, 1.54) is 40.6 Å². The van der Waals surface area contributed by atoms with Crippen molar-refractivity contribution in [1.82, 2.24) is 14.1 Å². The number of sulfonamides is 1. The molecule has 1 saturated carbocycles. The minimum atomic E-state index is -3.70. The topological polar surface area (TPSA) is 104 Å². The van der Waals surface area contributed by atoms with Gasteiger partial charge in [0.05, 0.1) is 9.82 Å². The normalized spacial score (nSPS) is 24.4. The van der Waals surface area contributed by atoms with Crippen molar-refractivity contribution in [3.05, 3.63) is 46.0 Å². The standard InChI is InChI=1S/C25H36N4O5S/c1-4-24(30)27(18-19-5-6-20-17-23(19)25(20,2)3)14-11-26-12-15-28(16-13-26)35(33,34)22-9-7-21(8-10-22)29(31)32/h5,7-10,20,23H,4,6,11-18H2,1-3H3. The lowest BCUT2D eigenvalue weighted by Gasteiger charge is -2.57. The van der Waals surface area contributed by atoms with Gasteiger partial charge in [0, 0.05) is 64.4 Å². The first kappa shape index (κ1) is 25.8. The zero-order valence-corrected chi connectivity index (χ0v) is 21.7. The highest BCUT2D eigenvalue weighted by atomic mass is 32.2. The molecule has 192 valence electrons. The second kappa shape index (κ2) is 9.99. The van der Waals surface area contributed by atoms with Gasteiger partial charge >= 0.3 is 0 Å². The molecule has 0 spiro atoms. The third-order valence-corrected chi connectivity index (χ3v) is 10.2. The lowest BCUT2D eigenvalue weighted by molar-refractivity contribution is -0.384. The summed E-state index contributed by atoms with van der Waals surface area (Å²) in [5.41, 5.74) is 1.60. The van der Waals surface area contributed by atoms with Crippen molar-refractivity contribution in [2.24, 2.45) is 17.3 Å². The molecule has 2 atom stereocenters. The average Bonchev–Trinajstić information content (AvgIpc) is 2.86. The summed E-state index contributed by atoms with van der Waals surface area (Å²) >= 11 is 0. The number of piperazine rings is 1. The smallest absolute Gasteiger partial charge is 0.269 e. The first-order chi connectivity index (χ1) is 16.5. The number of fused-ring (bicyclic) bond motifs is 1. The van der Waals surface area contributed by atoms with Gasteiger partial charge in [-0.2, -0.15) is 4.31 Å². The Labute approximate surface area is 208 Å². The summed E-state index contributed by atoms with van der Waals surface area (Å²) in [6.07, 6.45) is 5.17. The fourth-order valence-corrected chi connectivity index (χ4v) is 7.16. The van der Waals surface area contributed by atoms with Crippen molar-refractivity contribution >= 4 is 21.6 Å². The molecule has 0 N–H and O–H groups in total. The molecule has 1 aromatic rings. The van der Waals surface area contributed by atoms with Gasteiger partial charge in [-0.25, -0.2) is 8.42 Å². The minimum Gasteiger partial charge on any atom is -0.337 e. The lowest BCUT2D eigenvalue weighted by Crippen LogP contribution is -2.52. The van der Waals surface area contributed by atoms with E-state index in [9.17, 15) is 23.3 Å². The van der Waals surface area contributed by atoms with Gasteiger partial charge in [0.2, 0.25) is 15.9 Å². The number of amides is 1. The molecular weight excluding hydrogens is 468 g/mol. The summed E-state index contributed by atoms with van der Waals surface area (Å²) in [6, 6.07) is 5.02. The van der Waals surface area contributed by atoms with Gasteiger partial charge in [0.15, 0.2) is 0 Å². The van der Waals surface area contributed by atoms with Gasteiger partial charge in [-0.05, 0) is 42.2 Å². The fraction of sp³-hybridized carbons (Fsp3) is 0.640. The van der Waals surface area contributed by atoms with Crippen LogP contribution in [0.3, 0.4) is 0 Å². The summed E-state index contributed by atoms with van der Waals surface area (Å²) in [5, 5.41) is 10.8. The highest BCUT2D eigenvalue weighted by Gasteiger charge is 2.51. The number of hydrogen-bond acceptors (Lipinski definition) is 6. The van der Waals surface area contributed by atoms with Crippen molar-refractivity contribution in [1.29, 1.82) is 0 Å².